The predicted molar refractivity (Wildman–Crippen MR) is 163 cm³/mol. The summed E-state index contributed by atoms with van der Waals surface area (Å²) in [6.07, 6.45) is 6.94. The minimum absolute atomic E-state index is 0.0796. The number of carbonyl (C=O) groups is 3. The van der Waals surface area contributed by atoms with Gasteiger partial charge in [-0.3, -0.25) is 19.3 Å². The smallest absolute Gasteiger partial charge is 0.312 e. The van der Waals surface area contributed by atoms with Crippen LogP contribution in [0.4, 0.5) is 0 Å². The summed E-state index contributed by atoms with van der Waals surface area (Å²) in [7, 11) is 0. The molecule has 4 rings (SSSR count). The first kappa shape index (κ1) is 33.6. The van der Waals surface area contributed by atoms with E-state index in [4.69, 9.17) is 14.2 Å². The summed E-state index contributed by atoms with van der Waals surface area (Å²) in [5.41, 5.74) is -2.12. The molecule has 0 aliphatic carbocycles. The molecule has 1 spiro atoms. The molecule has 0 aromatic carbocycles. The lowest BCUT2D eigenvalue weighted by atomic mass is 9.62. The van der Waals surface area contributed by atoms with E-state index in [1.807, 2.05) is 33.8 Å². The first-order valence-corrected chi connectivity index (χ1v) is 16.2. The van der Waals surface area contributed by atoms with Gasteiger partial charge in [0.2, 0.25) is 11.8 Å². The van der Waals surface area contributed by atoms with Crippen molar-refractivity contribution in [2.75, 3.05) is 59.2 Å². The fraction of sp³-hybridized carbons (Fsp3) is 0.788. The monoisotopic (exact) mass is 603 g/mol. The van der Waals surface area contributed by atoms with Crippen LogP contribution in [0.2, 0.25) is 0 Å². The molecule has 0 aromatic rings. The molecule has 10 nitrogen and oxygen atoms in total. The summed E-state index contributed by atoms with van der Waals surface area (Å²) in [4.78, 5) is 48.6. The van der Waals surface area contributed by atoms with Crippen LogP contribution in [-0.2, 0) is 28.6 Å². The van der Waals surface area contributed by atoms with Gasteiger partial charge in [-0.1, -0.05) is 32.9 Å². The first-order valence-electron chi connectivity index (χ1n) is 16.2. The Hall–Kier alpha value is -2.27. The zero-order valence-electron chi connectivity index (χ0n) is 26.7. The van der Waals surface area contributed by atoms with E-state index in [0.717, 1.165) is 25.9 Å². The predicted octanol–water partition coefficient (Wildman–Crippen LogP) is 2.65. The van der Waals surface area contributed by atoms with Crippen LogP contribution in [-0.4, -0.2) is 120 Å². The van der Waals surface area contributed by atoms with Crippen molar-refractivity contribution in [2.45, 2.75) is 83.1 Å². The third-order valence-electron chi connectivity index (χ3n) is 10.1. The molecule has 242 valence electrons. The summed E-state index contributed by atoms with van der Waals surface area (Å²) >= 11 is 0. The summed E-state index contributed by atoms with van der Waals surface area (Å²) < 4.78 is 18.1. The minimum Gasteiger partial charge on any atom is -0.465 e. The first-order chi connectivity index (χ1) is 20.5. The van der Waals surface area contributed by atoms with E-state index in [-0.39, 0.29) is 36.9 Å². The van der Waals surface area contributed by atoms with E-state index >= 15 is 0 Å². The molecule has 7 atom stereocenters. The number of fused-ring (bicyclic) bond motifs is 1. The third-order valence-corrected chi connectivity index (χ3v) is 10.1. The molecule has 2 amide bonds. The van der Waals surface area contributed by atoms with Crippen LogP contribution in [0.3, 0.4) is 0 Å². The topological polar surface area (TPSA) is 109 Å². The second-order valence-electron chi connectivity index (χ2n) is 13.4. The average Bonchev–Trinajstić information content (AvgIpc) is 3.50. The van der Waals surface area contributed by atoms with Gasteiger partial charge in [0.05, 0.1) is 44.0 Å². The fourth-order valence-corrected chi connectivity index (χ4v) is 7.89. The van der Waals surface area contributed by atoms with Crippen LogP contribution in [0.15, 0.2) is 25.3 Å². The summed E-state index contributed by atoms with van der Waals surface area (Å²) in [5.74, 6) is -2.55. The Morgan fingerprint density at radius 1 is 1.21 bits per heavy atom. The number of esters is 1. The van der Waals surface area contributed by atoms with Gasteiger partial charge in [0.25, 0.3) is 0 Å². The summed E-state index contributed by atoms with van der Waals surface area (Å²) in [5, 5.41) is 10.6. The number of ether oxygens (including phenoxy) is 3. The van der Waals surface area contributed by atoms with Crippen molar-refractivity contribution in [3.05, 3.63) is 25.3 Å². The van der Waals surface area contributed by atoms with Gasteiger partial charge >= 0.3 is 5.97 Å². The summed E-state index contributed by atoms with van der Waals surface area (Å²) in [6.45, 7) is 20.0. The van der Waals surface area contributed by atoms with E-state index < -0.39 is 41.1 Å². The van der Waals surface area contributed by atoms with Gasteiger partial charge in [-0.05, 0) is 50.9 Å². The molecule has 0 saturated carbocycles. The van der Waals surface area contributed by atoms with Gasteiger partial charge in [-0.2, -0.15) is 0 Å². The number of likely N-dealkylation sites (tertiary alicyclic amines) is 1. The van der Waals surface area contributed by atoms with Gasteiger partial charge < -0.3 is 29.1 Å². The highest BCUT2D eigenvalue weighted by Crippen LogP contribution is 2.65. The quantitative estimate of drug-likeness (QED) is 0.163. The normalized spacial score (nSPS) is 32.6. The maximum Gasteiger partial charge on any atom is 0.312 e. The van der Waals surface area contributed by atoms with Crippen molar-refractivity contribution in [2.24, 2.45) is 23.7 Å². The molecule has 43 heavy (non-hydrogen) atoms. The number of hydrogen-bond acceptors (Lipinski definition) is 8. The van der Waals surface area contributed by atoms with Crippen LogP contribution in [0, 0.1) is 23.7 Å². The number of hydrogen-bond donors (Lipinski definition) is 1. The number of morpholine rings is 1. The Labute approximate surface area is 257 Å². The highest BCUT2D eigenvalue weighted by atomic mass is 16.6. The number of unbranched alkanes of at least 4 members (excludes halogenated alkanes) is 2. The minimum atomic E-state index is -1.18. The lowest BCUT2D eigenvalue weighted by Gasteiger charge is -2.40. The molecule has 2 bridgehead atoms. The number of amides is 2. The van der Waals surface area contributed by atoms with E-state index in [1.165, 1.54) is 0 Å². The molecule has 4 saturated heterocycles. The van der Waals surface area contributed by atoms with Crippen molar-refractivity contribution < 1.29 is 33.7 Å². The standard InChI is InChI=1S/C33H53N3O7/c1-7-9-10-11-17-42-31(40)27-26-29(38)36(25(22-37)20-23(3)4)28(33(26)21-24(5)32(27,6)43-33)30(39)35(12-8-2)14-13-34-15-18-41-19-16-34/h7-8,23-28,37H,1-2,9-22H2,3-6H3/t24?,25-,26+,27-,28?,32+,33?/m1/s1. The molecule has 4 fully saturated rings. The second-order valence-corrected chi connectivity index (χ2v) is 13.4. The molecular weight excluding hydrogens is 550 g/mol. The van der Waals surface area contributed by atoms with Gasteiger partial charge in [-0.25, -0.2) is 0 Å². The van der Waals surface area contributed by atoms with Gasteiger partial charge in [0.1, 0.15) is 17.6 Å². The van der Waals surface area contributed by atoms with Crippen molar-refractivity contribution in [3.8, 4) is 0 Å². The zero-order valence-corrected chi connectivity index (χ0v) is 26.7. The molecule has 4 heterocycles. The van der Waals surface area contributed by atoms with Crippen LogP contribution in [0.5, 0.6) is 0 Å². The number of allylic oxidation sites excluding steroid dienone is 1. The Kier molecular flexibility index (Phi) is 11.1. The Morgan fingerprint density at radius 2 is 1.93 bits per heavy atom. The number of aliphatic hydroxyl groups excluding tert-OH is 1. The number of rotatable bonds is 16. The van der Waals surface area contributed by atoms with Crippen LogP contribution in [0.25, 0.3) is 0 Å². The fourth-order valence-electron chi connectivity index (χ4n) is 7.89. The Morgan fingerprint density at radius 3 is 2.56 bits per heavy atom. The van der Waals surface area contributed by atoms with Crippen molar-refractivity contribution in [1.29, 1.82) is 0 Å². The highest BCUT2D eigenvalue weighted by molar-refractivity contribution is 5.98. The molecular formula is C33H53N3O7. The number of nitrogens with zero attached hydrogens (tertiary/aromatic N) is 3. The van der Waals surface area contributed by atoms with Gasteiger partial charge in [-0.15, -0.1) is 13.2 Å². The highest BCUT2D eigenvalue weighted by Gasteiger charge is 2.80. The van der Waals surface area contributed by atoms with Crippen molar-refractivity contribution in [1.82, 2.24) is 14.7 Å². The Balaban J connectivity index is 1.69. The van der Waals surface area contributed by atoms with E-state index in [2.05, 4.69) is 18.1 Å². The van der Waals surface area contributed by atoms with Crippen LogP contribution in [0.1, 0.15) is 59.8 Å². The van der Waals surface area contributed by atoms with Crippen molar-refractivity contribution in [3.63, 3.8) is 0 Å². The molecule has 4 aliphatic heterocycles. The SMILES string of the molecule is C=CCCCCOC(=O)[C@H]1[C@H]2C(=O)N([C@@H](CO)CC(C)C)C(C(=O)N(CC=C)CCN3CCOCC3)C23CC(C)[C@]1(C)O3. The number of carbonyl (C=O) groups excluding carboxylic acids is 3. The van der Waals surface area contributed by atoms with Crippen LogP contribution < -0.4 is 0 Å². The van der Waals surface area contributed by atoms with Gasteiger partial charge in [0, 0.05) is 32.7 Å². The maximum atomic E-state index is 14.7. The molecule has 1 N–H and O–H groups in total. The third kappa shape index (κ3) is 6.44. The van der Waals surface area contributed by atoms with Crippen molar-refractivity contribution >= 4 is 17.8 Å². The zero-order chi connectivity index (χ0) is 31.4. The van der Waals surface area contributed by atoms with Gasteiger partial charge in [0.15, 0.2) is 0 Å². The number of aliphatic hydroxyl groups is 1. The molecule has 0 aromatic heterocycles. The second kappa shape index (κ2) is 14.2. The van der Waals surface area contributed by atoms with E-state index in [0.29, 0.717) is 52.1 Å². The molecule has 4 aliphatic rings. The summed E-state index contributed by atoms with van der Waals surface area (Å²) in [6, 6.07) is -1.53. The van der Waals surface area contributed by atoms with E-state index in [9.17, 15) is 19.5 Å². The Bertz CT molecular complexity index is 1030. The lowest BCUT2D eigenvalue weighted by Crippen LogP contribution is -2.59. The maximum absolute atomic E-state index is 14.7. The molecule has 3 unspecified atom stereocenters. The van der Waals surface area contributed by atoms with Crippen LogP contribution >= 0.6 is 0 Å². The largest absolute Gasteiger partial charge is 0.465 e. The van der Waals surface area contributed by atoms with E-state index in [1.54, 1.807) is 15.9 Å². The lowest BCUT2D eigenvalue weighted by molar-refractivity contribution is -0.164. The molecule has 0 radical (unpaired) electrons. The average molecular weight is 604 g/mol. The molecule has 10 heteroatoms.